The lowest BCUT2D eigenvalue weighted by atomic mass is 9.95. The number of pyridine rings is 2. The van der Waals surface area contributed by atoms with E-state index in [4.69, 9.17) is 5.11 Å². The number of hydrogen-bond donors (Lipinski definition) is 2. The molecule has 0 aromatic carbocycles. The minimum atomic E-state index is -1.04. The Bertz CT molecular complexity index is 724. The number of carbonyl (C=O) groups is 2. The Labute approximate surface area is 127 Å². The Morgan fingerprint density at radius 1 is 0.955 bits per heavy atom. The van der Waals surface area contributed by atoms with Crippen LogP contribution in [0.4, 0.5) is 0 Å². The van der Waals surface area contributed by atoms with Crippen molar-refractivity contribution in [2.24, 2.45) is 0 Å². The predicted molar refractivity (Wildman–Crippen MR) is 80.1 cm³/mol. The molecule has 2 N–H and O–H groups in total. The molecule has 0 fully saturated rings. The van der Waals surface area contributed by atoms with E-state index in [-0.39, 0.29) is 11.1 Å². The molecule has 6 nitrogen and oxygen atoms in total. The summed E-state index contributed by atoms with van der Waals surface area (Å²) in [5.41, 5.74) is 3.00. The van der Waals surface area contributed by atoms with Crippen LogP contribution in [-0.4, -0.2) is 32.1 Å². The highest BCUT2D eigenvalue weighted by molar-refractivity contribution is 5.90. The van der Waals surface area contributed by atoms with Gasteiger partial charge in [-0.15, -0.1) is 0 Å². The maximum atomic E-state index is 11.3. The number of carboxylic acid groups (broad SMARTS) is 2. The highest BCUT2D eigenvalue weighted by atomic mass is 16.4. The molecule has 0 unspecified atom stereocenters. The summed E-state index contributed by atoms with van der Waals surface area (Å²) in [5.74, 6) is -2.04. The summed E-state index contributed by atoms with van der Waals surface area (Å²) >= 11 is 0. The Morgan fingerprint density at radius 2 is 1.64 bits per heavy atom. The van der Waals surface area contributed by atoms with Gasteiger partial charge < -0.3 is 10.2 Å². The highest BCUT2D eigenvalue weighted by Gasteiger charge is 2.18. The number of aromatic carboxylic acids is 2. The van der Waals surface area contributed by atoms with Gasteiger partial charge in [0, 0.05) is 12.4 Å². The number of hydrogen-bond acceptors (Lipinski definition) is 4. The van der Waals surface area contributed by atoms with E-state index < -0.39 is 11.9 Å². The molecule has 2 heterocycles. The molecule has 0 radical (unpaired) electrons. The lowest BCUT2D eigenvalue weighted by Gasteiger charge is -2.14. The maximum Gasteiger partial charge on any atom is 0.337 e. The third kappa shape index (κ3) is 2.81. The van der Waals surface area contributed by atoms with Crippen LogP contribution >= 0.6 is 0 Å². The van der Waals surface area contributed by atoms with E-state index in [0.29, 0.717) is 24.2 Å². The molecule has 0 spiro atoms. The van der Waals surface area contributed by atoms with Crippen LogP contribution in [0.25, 0.3) is 11.4 Å². The normalized spacial score (nSPS) is 10.5. The minimum Gasteiger partial charge on any atom is -0.478 e. The first-order valence-corrected chi connectivity index (χ1v) is 6.93. The fraction of sp³-hybridized carbons (Fsp3) is 0.250. The average Bonchev–Trinajstić information content (AvgIpc) is 2.53. The maximum absolute atomic E-state index is 11.3. The second-order valence-corrected chi connectivity index (χ2v) is 4.73. The monoisotopic (exact) mass is 300 g/mol. The summed E-state index contributed by atoms with van der Waals surface area (Å²) in [6.07, 6.45) is 3.81. The molecule has 0 bridgehead atoms. The van der Waals surface area contributed by atoms with Crippen molar-refractivity contribution in [3.8, 4) is 11.4 Å². The molecule has 0 saturated heterocycles. The van der Waals surface area contributed by atoms with E-state index in [1.165, 1.54) is 18.5 Å². The fourth-order valence-corrected chi connectivity index (χ4v) is 2.44. The quantitative estimate of drug-likeness (QED) is 0.880. The van der Waals surface area contributed by atoms with Crippen molar-refractivity contribution in [3.05, 3.63) is 46.8 Å². The fourth-order valence-electron chi connectivity index (χ4n) is 2.44. The molecule has 0 aliphatic carbocycles. The van der Waals surface area contributed by atoms with Crippen LogP contribution in [0.1, 0.15) is 45.7 Å². The Kier molecular flexibility index (Phi) is 4.50. The second-order valence-electron chi connectivity index (χ2n) is 4.73. The van der Waals surface area contributed by atoms with E-state index in [2.05, 4.69) is 9.97 Å². The van der Waals surface area contributed by atoms with Gasteiger partial charge in [0.1, 0.15) is 0 Å². The van der Waals surface area contributed by atoms with E-state index in [1.54, 1.807) is 6.07 Å². The third-order valence-electron chi connectivity index (χ3n) is 3.49. The van der Waals surface area contributed by atoms with Gasteiger partial charge in [-0.25, -0.2) is 9.59 Å². The highest BCUT2D eigenvalue weighted by Crippen LogP contribution is 2.26. The molecule has 114 valence electrons. The summed E-state index contributed by atoms with van der Waals surface area (Å²) in [7, 11) is 0. The summed E-state index contributed by atoms with van der Waals surface area (Å²) in [4.78, 5) is 30.5. The molecule has 0 aliphatic rings. The van der Waals surface area contributed by atoms with Crippen molar-refractivity contribution >= 4 is 11.9 Å². The number of aromatic nitrogens is 2. The Balaban J connectivity index is 2.60. The summed E-state index contributed by atoms with van der Waals surface area (Å²) in [5, 5.41) is 18.2. The molecule has 2 rings (SSSR count). The SMILES string of the molecule is CCc1c(C(=O)O)cnc(-c2ccc(C(=O)O)cn2)c1CC. The second kappa shape index (κ2) is 6.34. The molecular weight excluding hydrogens is 284 g/mol. The van der Waals surface area contributed by atoms with Gasteiger partial charge in [-0.05, 0) is 36.1 Å². The van der Waals surface area contributed by atoms with Crippen molar-refractivity contribution in [2.45, 2.75) is 26.7 Å². The molecule has 22 heavy (non-hydrogen) atoms. The van der Waals surface area contributed by atoms with E-state index in [1.807, 2.05) is 13.8 Å². The van der Waals surface area contributed by atoms with Gasteiger partial charge in [0.25, 0.3) is 0 Å². The zero-order valence-electron chi connectivity index (χ0n) is 12.3. The van der Waals surface area contributed by atoms with Crippen LogP contribution < -0.4 is 0 Å². The molecule has 0 aliphatic heterocycles. The van der Waals surface area contributed by atoms with E-state index in [9.17, 15) is 14.7 Å². The van der Waals surface area contributed by atoms with Crippen LogP contribution in [0.15, 0.2) is 24.5 Å². The van der Waals surface area contributed by atoms with Crippen molar-refractivity contribution < 1.29 is 19.8 Å². The van der Waals surface area contributed by atoms with Crippen molar-refractivity contribution in [1.29, 1.82) is 0 Å². The van der Waals surface area contributed by atoms with Crippen molar-refractivity contribution in [2.75, 3.05) is 0 Å². The molecule has 2 aromatic rings. The minimum absolute atomic E-state index is 0.0969. The summed E-state index contributed by atoms with van der Waals surface area (Å²) < 4.78 is 0. The van der Waals surface area contributed by atoms with Gasteiger partial charge in [-0.2, -0.15) is 0 Å². The van der Waals surface area contributed by atoms with Crippen LogP contribution in [0.3, 0.4) is 0 Å². The number of nitrogens with zero attached hydrogens (tertiary/aromatic N) is 2. The Morgan fingerprint density at radius 3 is 2.09 bits per heavy atom. The largest absolute Gasteiger partial charge is 0.478 e. The van der Waals surface area contributed by atoms with Crippen LogP contribution in [0, 0.1) is 0 Å². The first kappa shape index (κ1) is 15.6. The smallest absolute Gasteiger partial charge is 0.337 e. The van der Waals surface area contributed by atoms with Crippen LogP contribution in [0.5, 0.6) is 0 Å². The third-order valence-corrected chi connectivity index (χ3v) is 3.49. The average molecular weight is 300 g/mol. The standard InChI is InChI=1S/C16H16N2O4/c1-3-10-11(4-2)14(18-8-12(10)16(21)22)13-6-5-9(7-17-13)15(19)20/h5-8H,3-4H2,1-2H3,(H,19,20)(H,21,22). The van der Waals surface area contributed by atoms with Gasteiger partial charge in [-0.1, -0.05) is 13.8 Å². The summed E-state index contributed by atoms with van der Waals surface area (Å²) in [6.45, 7) is 3.82. The summed E-state index contributed by atoms with van der Waals surface area (Å²) in [6, 6.07) is 3.05. The van der Waals surface area contributed by atoms with Gasteiger partial charge in [0.05, 0.1) is 22.5 Å². The van der Waals surface area contributed by atoms with Crippen molar-refractivity contribution in [3.63, 3.8) is 0 Å². The van der Waals surface area contributed by atoms with Crippen molar-refractivity contribution in [1.82, 2.24) is 9.97 Å². The molecule has 0 saturated carbocycles. The van der Waals surface area contributed by atoms with Crippen LogP contribution in [0.2, 0.25) is 0 Å². The number of rotatable bonds is 5. The van der Waals surface area contributed by atoms with Crippen LogP contribution in [-0.2, 0) is 12.8 Å². The van der Waals surface area contributed by atoms with Gasteiger partial charge in [0.2, 0.25) is 0 Å². The zero-order valence-corrected chi connectivity index (χ0v) is 12.3. The molecule has 6 heteroatoms. The lowest BCUT2D eigenvalue weighted by Crippen LogP contribution is -2.09. The molecule has 2 aromatic heterocycles. The first-order valence-electron chi connectivity index (χ1n) is 6.93. The van der Waals surface area contributed by atoms with E-state index in [0.717, 1.165) is 11.1 Å². The van der Waals surface area contributed by atoms with Gasteiger partial charge in [-0.3, -0.25) is 9.97 Å². The molecular formula is C16H16N2O4. The topological polar surface area (TPSA) is 100 Å². The van der Waals surface area contributed by atoms with Gasteiger partial charge in [0.15, 0.2) is 0 Å². The Hall–Kier alpha value is -2.76. The van der Waals surface area contributed by atoms with Gasteiger partial charge >= 0.3 is 11.9 Å². The molecule has 0 amide bonds. The molecule has 0 atom stereocenters. The van der Waals surface area contributed by atoms with E-state index >= 15 is 0 Å². The lowest BCUT2D eigenvalue weighted by molar-refractivity contribution is 0.0685. The zero-order chi connectivity index (χ0) is 16.3. The number of carboxylic acids is 2. The predicted octanol–water partition coefficient (Wildman–Crippen LogP) is 2.66. The first-order chi connectivity index (χ1) is 10.5.